The summed E-state index contributed by atoms with van der Waals surface area (Å²) in [6.45, 7) is 3.72. The van der Waals surface area contributed by atoms with Crippen molar-refractivity contribution >= 4 is 17.9 Å². The number of aldehydes is 1. The van der Waals surface area contributed by atoms with Gasteiger partial charge in [-0.1, -0.05) is 12.1 Å². The summed E-state index contributed by atoms with van der Waals surface area (Å²) >= 11 is 0. The number of amides is 1. The van der Waals surface area contributed by atoms with E-state index in [0.717, 1.165) is 0 Å². The van der Waals surface area contributed by atoms with E-state index in [9.17, 15) is 14.0 Å². The summed E-state index contributed by atoms with van der Waals surface area (Å²) in [5.41, 5.74) is 0.522. The first kappa shape index (κ1) is 17.5. The quantitative estimate of drug-likeness (QED) is 0.789. The van der Waals surface area contributed by atoms with E-state index in [1.54, 1.807) is 32.0 Å². The number of anilines is 1. The molecule has 1 atom stereocenters. The molecule has 0 spiro atoms. The molecule has 1 amide bonds. The molecule has 0 heterocycles. The Bertz CT molecular complexity index is 733. The highest BCUT2D eigenvalue weighted by molar-refractivity contribution is 5.94. The largest absolute Gasteiger partial charge is 0.490 e. The Labute approximate surface area is 139 Å². The van der Waals surface area contributed by atoms with Crippen LogP contribution in [0.15, 0.2) is 42.5 Å². The van der Waals surface area contributed by atoms with E-state index in [1.807, 2.05) is 0 Å². The van der Waals surface area contributed by atoms with E-state index in [1.165, 1.54) is 24.3 Å². The molecule has 2 aromatic carbocycles. The molecule has 6 heteroatoms. The minimum absolute atomic E-state index is 0.0827. The van der Waals surface area contributed by atoms with Gasteiger partial charge in [-0.3, -0.25) is 9.59 Å². The summed E-state index contributed by atoms with van der Waals surface area (Å²) in [6.07, 6.45) is -0.188. The molecule has 0 aliphatic rings. The number of nitrogens with one attached hydrogen (secondary N) is 1. The number of rotatable bonds is 7. The van der Waals surface area contributed by atoms with Gasteiger partial charge in [0.25, 0.3) is 5.91 Å². The topological polar surface area (TPSA) is 64.6 Å². The molecule has 0 bridgehead atoms. The summed E-state index contributed by atoms with van der Waals surface area (Å²) in [5, 5.41) is 2.47. The third kappa shape index (κ3) is 4.32. The Balaban J connectivity index is 2.11. The average Bonchev–Trinajstić information content (AvgIpc) is 2.58. The Kier molecular flexibility index (Phi) is 5.89. The van der Waals surface area contributed by atoms with Crippen LogP contribution in [-0.2, 0) is 4.79 Å². The fourth-order valence-corrected chi connectivity index (χ4v) is 2.00. The fourth-order valence-electron chi connectivity index (χ4n) is 2.00. The summed E-state index contributed by atoms with van der Waals surface area (Å²) < 4.78 is 24.6. The first-order valence-corrected chi connectivity index (χ1v) is 7.49. The molecule has 24 heavy (non-hydrogen) atoms. The molecule has 0 aliphatic heterocycles. The van der Waals surface area contributed by atoms with Gasteiger partial charge in [-0.05, 0) is 44.2 Å². The zero-order valence-corrected chi connectivity index (χ0v) is 13.4. The second-order valence-electron chi connectivity index (χ2n) is 4.99. The molecule has 126 valence electrons. The van der Waals surface area contributed by atoms with Crippen molar-refractivity contribution in [2.75, 3.05) is 11.9 Å². The molecule has 0 radical (unpaired) electrons. The van der Waals surface area contributed by atoms with Crippen LogP contribution < -0.4 is 14.8 Å². The van der Waals surface area contributed by atoms with E-state index in [-0.39, 0.29) is 5.69 Å². The number of para-hydroxylation sites is 1. The Morgan fingerprint density at radius 3 is 2.67 bits per heavy atom. The van der Waals surface area contributed by atoms with Gasteiger partial charge in [-0.2, -0.15) is 0 Å². The average molecular weight is 331 g/mol. The fraction of sp³-hybridized carbons (Fsp3) is 0.222. The molecule has 0 fully saturated rings. The zero-order valence-electron chi connectivity index (χ0n) is 13.4. The molecule has 0 aromatic heterocycles. The Hall–Kier alpha value is -2.89. The van der Waals surface area contributed by atoms with Gasteiger partial charge in [-0.15, -0.1) is 0 Å². The smallest absolute Gasteiger partial charge is 0.265 e. The van der Waals surface area contributed by atoms with Gasteiger partial charge in [0.2, 0.25) is 0 Å². The molecule has 5 nitrogen and oxygen atoms in total. The summed E-state index contributed by atoms with van der Waals surface area (Å²) in [7, 11) is 0. The van der Waals surface area contributed by atoms with Crippen LogP contribution in [-0.4, -0.2) is 24.9 Å². The van der Waals surface area contributed by atoms with Gasteiger partial charge < -0.3 is 14.8 Å². The number of ether oxygens (including phenoxy) is 2. The van der Waals surface area contributed by atoms with Gasteiger partial charge in [0.1, 0.15) is 12.1 Å². The highest BCUT2D eigenvalue weighted by Gasteiger charge is 2.18. The van der Waals surface area contributed by atoms with E-state index in [2.05, 4.69) is 5.32 Å². The van der Waals surface area contributed by atoms with Crippen LogP contribution in [0.4, 0.5) is 10.1 Å². The van der Waals surface area contributed by atoms with E-state index in [0.29, 0.717) is 30.0 Å². The summed E-state index contributed by atoms with van der Waals surface area (Å²) in [5.74, 6) is -0.323. The van der Waals surface area contributed by atoms with Crippen LogP contribution in [0.1, 0.15) is 24.2 Å². The van der Waals surface area contributed by atoms with Crippen LogP contribution in [0.5, 0.6) is 11.5 Å². The SMILES string of the molecule is CCOc1cc(C=O)ccc1O[C@@H](C)C(=O)Nc1ccccc1F. The van der Waals surface area contributed by atoms with Crippen LogP contribution in [0.25, 0.3) is 0 Å². The van der Waals surface area contributed by atoms with Gasteiger partial charge in [0, 0.05) is 5.56 Å². The van der Waals surface area contributed by atoms with Gasteiger partial charge >= 0.3 is 0 Å². The highest BCUT2D eigenvalue weighted by Crippen LogP contribution is 2.29. The number of hydrogen-bond donors (Lipinski definition) is 1. The second-order valence-corrected chi connectivity index (χ2v) is 4.99. The molecule has 2 rings (SSSR count). The van der Waals surface area contributed by atoms with Crippen molar-refractivity contribution in [3.8, 4) is 11.5 Å². The minimum atomic E-state index is -0.883. The highest BCUT2D eigenvalue weighted by atomic mass is 19.1. The Morgan fingerprint density at radius 1 is 1.25 bits per heavy atom. The monoisotopic (exact) mass is 331 g/mol. The van der Waals surface area contributed by atoms with Crippen LogP contribution in [0.3, 0.4) is 0 Å². The van der Waals surface area contributed by atoms with Crippen molar-refractivity contribution in [1.29, 1.82) is 0 Å². The maximum Gasteiger partial charge on any atom is 0.265 e. The number of carbonyl (C=O) groups is 2. The van der Waals surface area contributed by atoms with Gasteiger partial charge in [-0.25, -0.2) is 4.39 Å². The predicted octanol–water partition coefficient (Wildman–Crippen LogP) is 3.44. The van der Waals surface area contributed by atoms with Crippen molar-refractivity contribution in [2.45, 2.75) is 20.0 Å². The molecule has 0 aliphatic carbocycles. The lowest BCUT2D eigenvalue weighted by Gasteiger charge is -2.17. The molecule has 0 saturated carbocycles. The maximum absolute atomic E-state index is 13.6. The van der Waals surface area contributed by atoms with Crippen molar-refractivity contribution in [3.63, 3.8) is 0 Å². The third-order valence-electron chi connectivity index (χ3n) is 3.21. The minimum Gasteiger partial charge on any atom is -0.490 e. The first-order chi connectivity index (χ1) is 11.5. The van der Waals surface area contributed by atoms with E-state index >= 15 is 0 Å². The summed E-state index contributed by atoms with van der Waals surface area (Å²) in [4.78, 5) is 23.0. The van der Waals surface area contributed by atoms with Crippen molar-refractivity contribution < 1.29 is 23.5 Å². The normalized spacial score (nSPS) is 11.5. The lowest BCUT2D eigenvalue weighted by Crippen LogP contribution is -2.30. The van der Waals surface area contributed by atoms with Crippen LogP contribution >= 0.6 is 0 Å². The van der Waals surface area contributed by atoms with Crippen molar-refractivity contribution in [3.05, 3.63) is 53.8 Å². The van der Waals surface area contributed by atoms with Crippen molar-refractivity contribution in [1.82, 2.24) is 0 Å². The van der Waals surface area contributed by atoms with Crippen LogP contribution in [0, 0.1) is 5.82 Å². The first-order valence-electron chi connectivity index (χ1n) is 7.49. The molecule has 1 N–H and O–H groups in total. The molecule has 0 saturated heterocycles. The molecule has 0 unspecified atom stereocenters. The molecule has 2 aromatic rings. The Morgan fingerprint density at radius 2 is 2.00 bits per heavy atom. The lowest BCUT2D eigenvalue weighted by atomic mass is 10.2. The number of hydrogen-bond acceptors (Lipinski definition) is 4. The number of carbonyl (C=O) groups excluding carboxylic acids is 2. The van der Waals surface area contributed by atoms with E-state index < -0.39 is 17.8 Å². The maximum atomic E-state index is 13.6. The number of halogens is 1. The summed E-state index contributed by atoms with van der Waals surface area (Å²) in [6, 6.07) is 10.5. The second kappa shape index (κ2) is 8.10. The molecular weight excluding hydrogens is 313 g/mol. The van der Waals surface area contributed by atoms with Gasteiger partial charge in [0.05, 0.1) is 12.3 Å². The molecular formula is C18H18FNO4. The number of benzene rings is 2. The zero-order chi connectivity index (χ0) is 17.5. The lowest BCUT2D eigenvalue weighted by molar-refractivity contribution is -0.122. The van der Waals surface area contributed by atoms with Crippen LogP contribution in [0.2, 0.25) is 0 Å². The van der Waals surface area contributed by atoms with E-state index in [4.69, 9.17) is 9.47 Å². The third-order valence-corrected chi connectivity index (χ3v) is 3.21. The van der Waals surface area contributed by atoms with Crippen molar-refractivity contribution in [2.24, 2.45) is 0 Å². The van der Waals surface area contributed by atoms with Gasteiger partial charge in [0.15, 0.2) is 17.6 Å². The standard InChI is InChI=1S/C18H18FNO4/c1-3-23-17-10-13(11-21)8-9-16(17)24-12(2)18(22)20-15-7-5-4-6-14(15)19/h4-12H,3H2,1-2H3,(H,20,22)/t12-/m0/s1. The predicted molar refractivity (Wildman–Crippen MR) is 88.1 cm³/mol.